The van der Waals surface area contributed by atoms with E-state index in [0.717, 1.165) is 18.4 Å². The average Bonchev–Trinajstić information content (AvgIpc) is 2.76. The molecule has 5 nitrogen and oxygen atoms in total. The van der Waals surface area contributed by atoms with Crippen molar-refractivity contribution >= 4 is 11.7 Å². The number of nitrogens with zero attached hydrogens (tertiary/aromatic N) is 3. The molecule has 126 valence electrons. The lowest BCUT2D eigenvalue weighted by Crippen LogP contribution is -2.45. The summed E-state index contributed by atoms with van der Waals surface area (Å²) >= 11 is 0. The van der Waals surface area contributed by atoms with Crippen LogP contribution in [0.25, 0.3) is 5.57 Å². The molecule has 0 spiro atoms. The van der Waals surface area contributed by atoms with Gasteiger partial charge in [-0.1, -0.05) is 6.08 Å². The van der Waals surface area contributed by atoms with E-state index in [1.54, 1.807) is 11.0 Å². The number of halogens is 1. The predicted molar refractivity (Wildman–Crippen MR) is 86.4 cm³/mol. The Morgan fingerprint density at radius 2 is 2.21 bits per heavy atom. The number of ether oxygens (including phenoxy) is 1. The minimum atomic E-state index is -0.613. The normalized spacial score (nSPS) is 22.8. The summed E-state index contributed by atoms with van der Waals surface area (Å²) in [5, 5.41) is 8.78. The molecule has 1 amide bonds. The lowest BCUT2D eigenvalue weighted by atomic mass is 9.96. The second-order valence-corrected chi connectivity index (χ2v) is 7.25. The Labute approximate surface area is 140 Å². The van der Waals surface area contributed by atoms with Crippen LogP contribution < -0.4 is 0 Å². The molecule has 0 N–H and O–H groups in total. The molecule has 0 radical (unpaired) electrons. The zero-order valence-electron chi connectivity index (χ0n) is 14.0. The van der Waals surface area contributed by atoms with Crippen molar-refractivity contribution < 1.29 is 13.9 Å². The topological polar surface area (TPSA) is 66.2 Å². The number of amides is 1. The van der Waals surface area contributed by atoms with Crippen LogP contribution in [0.3, 0.4) is 0 Å². The van der Waals surface area contributed by atoms with Crippen molar-refractivity contribution in [2.75, 3.05) is 0 Å². The van der Waals surface area contributed by atoms with Gasteiger partial charge in [-0.05, 0) is 57.2 Å². The molecule has 6 heteroatoms. The Morgan fingerprint density at radius 3 is 2.79 bits per heavy atom. The summed E-state index contributed by atoms with van der Waals surface area (Å²) < 4.78 is 19.3. The number of carbonyl (C=O) groups is 1. The molecule has 24 heavy (non-hydrogen) atoms. The number of pyridine rings is 1. The summed E-state index contributed by atoms with van der Waals surface area (Å²) in [6, 6.07) is 3.10. The van der Waals surface area contributed by atoms with Gasteiger partial charge in [-0.15, -0.1) is 0 Å². The third-order valence-corrected chi connectivity index (χ3v) is 4.32. The summed E-state index contributed by atoms with van der Waals surface area (Å²) in [5.74, 6) is -0.613. The van der Waals surface area contributed by atoms with E-state index in [1.165, 1.54) is 12.3 Å². The van der Waals surface area contributed by atoms with Gasteiger partial charge in [0.05, 0.1) is 6.04 Å². The van der Waals surface area contributed by atoms with Gasteiger partial charge in [0.15, 0.2) is 11.5 Å². The Hall–Kier alpha value is -2.42. The quantitative estimate of drug-likeness (QED) is 0.789. The predicted octanol–water partition coefficient (Wildman–Crippen LogP) is 3.65. The van der Waals surface area contributed by atoms with Crippen LogP contribution in [0.2, 0.25) is 0 Å². The second kappa shape index (κ2) is 5.90. The van der Waals surface area contributed by atoms with Gasteiger partial charge in [-0.3, -0.25) is 4.90 Å². The first kappa shape index (κ1) is 16.4. The molecule has 3 rings (SSSR count). The molecule has 2 bridgehead atoms. The fraction of sp³-hybridized carbons (Fsp3) is 0.500. The summed E-state index contributed by atoms with van der Waals surface area (Å²) in [6.45, 7) is 5.55. The van der Waals surface area contributed by atoms with Crippen molar-refractivity contribution in [1.82, 2.24) is 9.88 Å². The molecule has 2 atom stereocenters. The van der Waals surface area contributed by atoms with E-state index in [1.807, 2.05) is 26.8 Å². The molecular formula is C18H20FN3O2. The number of carbonyl (C=O) groups excluding carboxylic acids is 1. The van der Waals surface area contributed by atoms with Crippen molar-refractivity contribution in [2.24, 2.45) is 0 Å². The number of fused-ring (bicyclic) bond motifs is 2. The van der Waals surface area contributed by atoms with Crippen LogP contribution in [0, 0.1) is 17.1 Å². The van der Waals surface area contributed by atoms with Crippen LogP contribution in [-0.4, -0.2) is 33.7 Å². The molecule has 0 aromatic carbocycles. The average molecular weight is 329 g/mol. The fourth-order valence-electron chi connectivity index (χ4n) is 3.34. The zero-order valence-corrected chi connectivity index (χ0v) is 14.0. The minimum Gasteiger partial charge on any atom is -0.444 e. The van der Waals surface area contributed by atoms with E-state index in [9.17, 15) is 9.18 Å². The lowest BCUT2D eigenvalue weighted by Gasteiger charge is -2.35. The second-order valence-electron chi connectivity index (χ2n) is 7.25. The highest BCUT2D eigenvalue weighted by atomic mass is 19.1. The van der Waals surface area contributed by atoms with E-state index in [-0.39, 0.29) is 23.9 Å². The largest absolute Gasteiger partial charge is 0.444 e. The maximum absolute atomic E-state index is 13.8. The minimum absolute atomic E-state index is 0.0349. The summed E-state index contributed by atoms with van der Waals surface area (Å²) in [6.07, 6.45) is 5.64. The van der Waals surface area contributed by atoms with E-state index in [4.69, 9.17) is 10.00 Å². The molecule has 2 aliphatic heterocycles. The van der Waals surface area contributed by atoms with Gasteiger partial charge in [-0.2, -0.15) is 5.26 Å². The van der Waals surface area contributed by atoms with Crippen LogP contribution in [-0.2, 0) is 4.74 Å². The highest BCUT2D eigenvalue weighted by Gasteiger charge is 2.41. The molecule has 1 aromatic heterocycles. The smallest absolute Gasteiger partial charge is 0.411 e. The first-order chi connectivity index (χ1) is 11.3. The van der Waals surface area contributed by atoms with Crippen molar-refractivity contribution in [3.05, 3.63) is 35.4 Å². The van der Waals surface area contributed by atoms with E-state index in [0.29, 0.717) is 12.0 Å². The van der Waals surface area contributed by atoms with Crippen molar-refractivity contribution in [3.8, 4) is 6.07 Å². The molecule has 1 aromatic rings. The van der Waals surface area contributed by atoms with Gasteiger partial charge in [0.1, 0.15) is 11.7 Å². The molecule has 0 saturated carbocycles. The Balaban J connectivity index is 1.83. The van der Waals surface area contributed by atoms with Crippen LogP contribution in [0.15, 0.2) is 18.3 Å². The van der Waals surface area contributed by atoms with Gasteiger partial charge < -0.3 is 4.74 Å². The molecule has 2 aliphatic rings. The van der Waals surface area contributed by atoms with Crippen molar-refractivity contribution in [2.45, 2.75) is 57.7 Å². The van der Waals surface area contributed by atoms with Gasteiger partial charge in [-0.25, -0.2) is 14.2 Å². The summed E-state index contributed by atoms with van der Waals surface area (Å²) in [4.78, 5) is 18.1. The summed E-state index contributed by atoms with van der Waals surface area (Å²) in [7, 11) is 0. The first-order valence-electron chi connectivity index (χ1n) is 8.06. The SMILES string of the molecule is CC(C)(C)OC(=O)N1C2C=C(c3cnc(C#N)c(F)c3)CC1CC2. The van der Waals surface area contributed by atoms with Gasteiger partial charge in [0, 0.05) is 12.2 Å². The Kier molecular flexibility index (Phi) is 4.04. The molecule has 1 fully saturated rings. The molecule has 2 unspecified atom stereocenters. The monoisotopic (exact) mass is 329 g/mol. The number of hydrogen-bond acceptors (Lipinski definition) is 4. The van der Waals surface area contributed by atoms with Crippen LogP contribution in [0.4, 0.5) is 9.18 Å². The number of nitriles is 1. The molecular weight excluding hydrogens is 309 g/mol. The van der Waals surface area contributed by atoms with Crippen LogP contribution in [0.1, 0.15) is 51.3 Å². The third-order valence-electron chi connectivity index (χ3n) is 4.32. The van der Waals surface area contributed by atoms with Gasteiger partial charge in [0.2, 0.25) is 0 Å². The highest BCUT2D eigenvalue weighted by molar-refractivity contribution is 5.75. The maximum Gasteiger partial charge on any atom is 0.411 e. The van der Waals surface area contributed by atoms with E-state index < -0.39 is 11.4 Å². The van der Waals surface area contributed by atoms with Crippen LogP contribution >= 0.6 is 0 Å². The highest BCUT2D eigenvalue weighted by Crippen LogP contribution is 2.39. The standard InChI is InChI=1S/C18H20FN3O2/c1-18(2,3)24-17(23)22-13-4-5-14(22)7-11(6-13)12-8-15(19)16(9-20)21-10-12/h6,8,10,13-14H,4-5,7H2,1-3H3. The number of hydrogen-bond donors (Lipinski definition) is 0. The van der Waals surface area contributed by atoms with Gasteiger partial charge in [0.25, 0.3) is 0 Å². The molecule has 3 heterocycles. The maximum atomic E-state index is 13.8. The van der Waals surface area contributed by atoms with Crippen molar-refractivity contribution in [1.29, 1.82) is 5.26 Å². The number of rotatable bonds is 1. The van der Waals surface area contributed by atoms with Crippen molar-refractivity contribution in [3.63, 3.8) is 0 Å². The van der Waals surface area contributed by atoms with E-state index >= 15 is 0 Å². The van der Waals surface area contributed by atoms with Gasteiger partial charge >= 0.3 is 6.09 Å². The summed E-state index contributed by atoms with van der Waals surface area (Å²) in [5.41, 5.74) is 0.916. The zero-order chi connectivity index (χ0) is 17.5. The fourth-order valence-corrected chi connectivity index (χ4v) is 3.34. The lowest BCUT2D eigenvalue weighted by molar-refractivity contribution is 0.0175. The Bertz CT molecular complexity index is 746. The molecule has 1 saturated heterocycles. The third kappa shape index (κ3) is 3.12. The Morgan fingerprint density at radius 1 is 1.46 bits per heavy atom. The first-order valence-corrected chi connectivity index (χ1v) is 8.06. The van der Waals surface area contributed by atoms with E-state index in [2.05, 4.69) is 4.98 Å². The molecule has 0 aliphatic carbocycles. The van der Waals surface area contributed by atoms with Crippen LogP contribution in [0.5, 0.6) is 0 Å². The number of aromatic nitrogens is 1.